The van der Waals surface area contributed by atoms with E-state index in [-0.39, 0.29) is 16.9 Å². The molecular formula is C10H13BrN4O3. The highest BCUT2D eigenvalue weighted by molar-refractivity contribution is 9.10. The van der Waals surface area contributed by atoms with Crippen LogP contribution in [0.15, 0.2) is 20.3 Å². The fourth-order valence-electron chi connectivity index (χ4n) is 1.76. The molecule has 2 N–H and O–H groups in total. The summed E-state index contributed by atoms with van der Waals surface area (Å²) in [5, 5.41) is 3.14. The SMILES string of the molecule is O=C(Cn1cc(Br)c(=O)[nH]c1=O)N1CCNCC1. The summed E-state index contributed by atoms with van der Waals surface area (Å²) >= 11 is 3.03. The van der Waals surface area contributed by atoms with Crippen molar-refractivity contribution in [3.63, 3.8) is 0 Å². The second-order valence-corrected chi connectivity index (χ2v) is 4.85. The van der Waals surface area contributed by atoms with E-state index in [1.807, 2.05) is 0 Å². The molecule has 18 heavy (non-hydrogen) atoms. The van der Waals surface area contributed by atoms with Crippen LogP contribution in [-0.4, -0.2) is 46.5 Å². The monoisotopic (exact) mass is 316 g/mol. The Kier molecular flexibility index (Phi) is 3.97. The Labute approximate surface area is 111 Å². The van der Waals surface area contributed by atoms with Crippen LogP contribution < -0.4 is 16.6 Å². The largest absolute Gasteiger partial charge is 0.339 e. The fraction of sp³-hybridized carbons (Fsp3) is 0.500. The quantitative estimate of drug-likeness (QED) is 0.712. The summed E-state index contributed by atoms with van der Waals surface area (Å²) in [5.74, 6) is -0.127. The Morgan fingerprint density at radius 2 is 2.00 bits per heavy atom. The van der Waals surface area contributed by atoms with Gasteiger partial charge in [0, 0.05) is 32.4 Å². The van der Waals surface area contributed by atoms with Gasteiger partial charge in [-0.15, -0.1) is 0 Å². The molecule has 8 heteroatoms. The molecule has 1 aliphatic rings. The van der Waals surface area contributed by atoms with E-state index < -0.39 is 11.2 Å². The van der Waals surface area contributed by atoms with Gasteiger partial charge in [-0.25, -0.2) is 4.79 Å². The number of hydrogen-bond acceptors (Lipinski definition) is 4. The molecule has 0 aromatic carbocycles. The zero-order valence-electron chi connectivity index (χ0n) is 9.61. The van der Waals surface area contributed by atoms with Gasteiger partial charge in [-0.3, -0.25) is 19.1 Å². The first-order valence-electron chi connectivity index (χ1n) is 5.55. The lowest BCUT2D eigenvalue weighted by atomic mass is 10.3. The van der Waals surface area contributed by atoms with Crippen LogP contribution in [-0.2, 0) is 11.3 Å². The zero-order valence-corrected chi connectivity index (χ0v) is 11.2. The Bertz CT molecular complexity index is 559. The highest BCUT2D eigenvalue weighted by atomic mass is 79.9. The van der Waals surface area contributed by atoms with Gasteiger partial charge >= 0.3 is 5.69 Å². The van der Waals surface area contributed by atoms with Crippen molar-refractivity contribution in [1.29, 1.82) is 0 Å². The second kappa shape index (κ2) is 5.49. The van der Waals surface area contributed by atoms with Crippen LogP contribution in [0.25, 0.3) is 0 Å². The number of carbonyl (C=O) groups is 1. The van der Waals surface area contributed by atoms with Crippen molar-refractivity contribution in [1.82, 2.24) is 19.8 Å². The highest BCUT2D eigenvalue weighted by Crippen LogP contribution is 2.00. The number of H-pyrrole nitrogens is 1. The number of nitrogens with one attached hydrogen (secondary N) is 2. The minimum Gasteiger partial charge on any atom is -0.339 e. The van der Waals surface area contributed by atoms with Crippen molar-refractivity contribution < 1.29 is 4.79 Å². The van der Waals surface area contributed by atoms with E-state index >= 15 is 0 Å². The number of aromatic amines is 1. The maximum atomic E-state index is 11.9. The summed E-state index contributed by atoms with van der Waals surface area (Å²) in [6, 6.07) is 0. The third-order valence-corrected chi connectivity index (χ3v) is 3.31. The predicted molar refractivity (Wildman–Crippen MR) is 68.5 cm³/mol. The van der Waals surface area contributed by atoms with Gasteiger partial charge < -0.3 is 10.2 Å². The van der Waals surface area contributed by atoms with Crippen LogP contribution in [0.5, 0.6) is 0 Å². The van der Waals surface area contributed by atoms with Crippen molar-refractivity contribution in [2.75, 3.05) is 26.2 Å². The molecule has 0 spiro atoms. The standard InChI is InChI=1S/C10H13BrN4O3/c11-7-5-15(10(18)13-9(7)17)6-8(16)14-3-1-12-2-4-14/h5,12H,1-4,6H2,(H,13,17,18). The number of carbonyl (C=O) groups excluding carboxylic acids is 1. The molecule has 2 rings (SSSR count). The molecule has 0 unspecified atom stereocenters. The van der Waals surface area contributed by atoms with Crippen LogP contribution in [0, 0.1) is 0 Å². The van der Waals surface area contributed by atoms with Crippen molar-refractivity contribution in [2.24, 2.45) is 0 Å². The van der Waals surface area contributed by atoms with Gasteiger partial charge in [0.1, 0.15) is 6.54 Å². The first kappa shape index (κ1) is 13.0. The van der Waals surface area contributed by atoms with Crippen LogP contribution in [0.4, 0.5) is 0 Å². The van der Waals surface area contributed by atoms with Crippen molar-refractivity contribution in [3.05, 3.63) is 31.5 Å². The number of amides is 1. The lowest BCUT2D eigenvalue weighted by Crippen LogP contribution is -2.48. The van der Waals surface area contributed by atoms with Gasteiger partial charge in [0.2, 0.25) is 5.91 Å². The molecule has 7 nitrogen and oxygen atoms in total. The third kappa shape index (κ3) is 2.88. The van der Waals surface area contributed by atoms with Crippen molar-refractivity contribution in [3.8, 4) is 0 Å². The smallest absolute Gasteiger partial charge is 0.328 e. The lowest BCUT2D eigenvalue weighted by Gasteiger charge is -2.27. The first-order chi connectivity index (χ1) is 8.58. The normalized spacial score (nSPS) is 15.7. The van der Waals surface area contributed by atoms with E-state index in [2.05, 4.69) is 26.2 Å². The predicted octanol–water partition coefficient (Wildman–Crippen LogP) is -1.27. The van der Waals surface area contributed by atoms with Crippen LogP contribution in [0.2, 0.25) is 0 Å². The molecule has 1 saturated heterocycles. The summed E-state index contributed by atoms with van der Waals surface area (Å²) in [5.41, 5.74) is -1.07. The van der Waals surface area contributed by atoms with Gasteiger partial charge in [-0.1, -0.05) is 0 Å². The minimum absolute atomic E-state index is 0.0613. The molecule has 1 aromatic rings. The lowest BCUT2D eigenvalue weighted by molar-refractivity contribution is -0.132. The minimum atomic E-state index is -0.577. The second-order valence-electron chi connectivity index (χ2n) is 4.00. The summed E-state index contributed by atoms with van der Waals surface area (Å²) in [6.45, 7) is 2.73. The summed E-state index contributed by atoms with van der Waals surface area (Å²) in [6.07, 6.45) is 1.33. The van der Waals surface area contributed by atoms with Gasteiger partial charge in [-0.2, -0.15) is 0 Å². The van der Waals surface area contributed by atoms with E-state index in [1.165, 1.54) is 10.8 Å². The van der Waals surface area contributed by atoms with Crippen molar-refractivity contribution in [2.45, 2.75) is 6.54 Å². The third-order valence-electron chi connectivity index (χ3n) is 2.74. The number of hydrogen-bond donors (Lipinski definition) is 2. The zero-order chi connectivity index (χ0) is 13.1. The van der Waals surface area contributed by atoms with Gasteiger partial charge in [0.15, 0.2) is 0 Å². The van der Waals surface area contributed by atoms with E-state index in [1.54, 1.807) is 4.90 Å². The summed E-state index contributed by atoms with van der Waals surface area (Å²) in [4.78, 5) is 38.5. The molecule has 1 aromatic heterocycles. The summed E-state index contributed by atoms with van der Waals surface area (Å²) in [7, 11) is 0. The molecule has 1 amide bonds. The molecule has 0 aliphatic carbocycles. The number of piperazine rings is 1. The number of nitrogens with zero attached hydrogens (tertiary/aromatic N) is 2. The Morgan fingerprint density at radius 1 is 1.33 bits per heavy atom. The molecule has 1 fully saturated rings. The molecule has 0 saturated carbocycles. The van der Waals surface area contributed by atoms with E-state index in [9.17, 15) is 14.4 Å². The molecule has 0 bridgehead atoms. The number of rotatable bonds is 2. The Morgan fingerprint density at radius 3 is 2.67 bits per heavy atom. The van der Waals surface area contributed by atoms with Gasteiger partial charge in [0.05, 0.1) is 4.47 Å². The Hall–Kier alpha value is -1.41. The molecule has 2 heterocycles. The average molecular weight is 317 g/mol. The maximum absolute atomic E-state index is 11.9. The van der Waals surface area contributed by atoms with E-state index in [4.69, 9.17) is 0 Å². The van der Waals surface area contributed by atoms with Crippen LogP contribution >= 0.6 is 15.9 Å². The maximum Gasteiger partial charge on any atom is 0.328 e. The molecule has 1 aliphatic heterocycles. The molecule has 0 atom stereocenters. The summed E-state index contributed by atoms with van der Waals surface area (Å²) < 4.78 is 1.42. The highest BCUT2D eigenvalue weighted by Gasteiger charge is 2.17. The van der Waals surface area contributed by atoms with E-state index in [0.29, 0.717) is 13.1 Å². The molecule has 0 radical (unpaired) electrons. The molecular weight excluding hydrogens is 304 g/mol. The van der Waals surface area contributed by atoms with Gasteiger partial charge in [0.25, 0.3) is 5.56 Å². The fourth-order valence-corrected chi connectivity index (χ4v) is 2.11. The number of aromatic nitrogens is 2. The topological polar surface area (TPSA) is 87.2 Å². The van der Waals surface area contributed by atoms with Gasteiger partial charge in [-0.05, 0) is 15.9 Å². The number of halogens is 1. The van der Waals surface area contributed by atoms with Crippen molar-refractivity contribution >= 4 is 21.8 Å². The molecule has 98 valence electrons. The first-order valence-corrected chi connectivity index (χ1v) is 6.35. The Balaban J connectivity index is 2.13. The average Bonchev–Trinajstić information content (AvgIpc) is 2.37. The van der Waals surface area contributed by atoms with Crippen LogP contribution in [0.1, 0.15) is 0 Å². The van der Waals surface area contributed by atoms with Crippen LogP contribution in [0.3, 0.4) is 0 Å². The van der Waals surface area contributed by atoms with E-state index in [0.717, 1.165) is 13.1 Å².